The second-order valence-corrected chi connectivity index (χ2v) is 11.2. The lowest BCUT2D eigenvalue weighted by molar-refractivity contribution is -0.873. The summed E-state index contributed by atoms with van der Waals surface area (Å²) in [5.74, 6) is -0.937. The highest BCUT2D eigenvalue weighted by molar-refractivity contribution is 7.40. The number of carboxylic acids is 1. The highest BCUT2D eigenvalue weighted by Crippen LogP contribution is 2.36. The summed E-state index contributed by atoms with van der Waals surface area (Å²) in [6.07, 6.45) is 8.26. The van der Waals surface area contributed by atoms with Gasteiger partial charge in [0.05, 0.1) is 34.2 Å². The number of hydrogen-bond donors (Lipinski definition) is 2. The molecule has 0 amide bonds. The zero-order valence-corrected chi connectivity index (χ0v) is 21.5. The summed E-state index contributed by atoms with van der Waals surface area (Å²) in [5.41, 5.74) is 0.346. The van der Waals surface area contributed by atoms with Gasteiger partial charge < -0.3 is 33.7 Å². The van der Waals surface area contributed by atoms with Crippen molar-refractivity contribution < 1.29 is 38.5 Å². The lowest BCUT2D eigenvalue weighted by Crippen LogP contribution is -2.42. The van der Waals surface area contributed by atoms with E-state index < -0.39 is 20.7 Å². The topological polar surface area (TPSA) is 115 Å². The maximum atomic E-state index is 11.0. The number of unbranched alkanes of at least 4 members (excludes halogenated alkanes) is 6. The van der Waals surface area contributed by atoms with Crippen LogP contribution < -0.4 is 0 Å². The summed E-state index contributed by atoms with van der Waals surface area (Å²) in [4.78, 5) is 20.9. The molecule has 31 heavy (non-hydrogen) atoms. The average Bonchev–Trinajstić information content (AvgIpc) is 2.55. The van der Waals surface area contributed by atoms with Crippen molar-refractivity contribution in [1.82, 2.24) is 0 Å². The largest absolute Gasteiger partial charge is 0.870 e. The Morgan fingerprint density at radius 1 is 0.935 bits per heavy atom. The SMILES string of the molecule is CC(C)(C)CCOCCCCCCCCCOP(O)O[C@H](CC(=O)O)C[N+](C)(C)C.[OH-]. The number of aliphatic carboxylic acids is 1. The molecule has 0 spiro atoms. The third-order valence-electron chi connectivity index (χ3n) is 4.52. The summed E-state index contributed by atoms with van der Waals surface area (Å²) in [6, 6.07) is 0. The van der Waals surface area contributed by atoms with Crippen LogP contribution in [0.4, 0.5) is 0 Å². The molecule has 8 nitrogen and oxygen atoms in total. The first-order valence-corrected chi connectivity index (χ1v) is 12.4. The predicted molar refractivity (Wildman–Crippen MR) is 124 cm³/mol. The van der Waals surface area contributed by atoms with Gasteiger partial charge in [-0.15, -0.1) is 0 Å². The Labute approximate surface area is 191 Å². The van der Waals surface area contributed by atoms with Crippen LogP contribution in [0.2, 0.25) is 0 Å². The van der Waals surface area contributed by atoms with E-state index in [9.17, 15) is 9.69 Å². The van der Waals surface area contributed by atoms with Gasteiger partial charge in [0.2, 0.25) is 0 Å². The Kier molecular flexibility index (Phi) is 19.2. The molecule has 3 N–H and O–H groups in total. The van der Waals surface area contributed by atoms with Gasteiger partial charge in [0.25, 0.3) is 0 Å². The van der Waals surface area contributed by atoms with Crippen molar-refractivity contribution >= 4 is 14.6 Å². The molecule has 0 aliphatic heterocycles. The van der Waals surface area contributed by atoms with Crippen LogP contribution in [-0.2, 0) is 18.6 Å². The molecule has 1 unspecified atom stereocenters. The van der Waals surface area contributed by atoms with Gasteiger partial charge in [-0.05, 0) is 24.7 Å². The highest BCUT2D eigenvalue weighted by atomic mass is 31.2. The first kappa shape index (κ1) is 32.8. The maximum absolute atomic E-state index is 11.0. The van der Waals surface area contributed by atoms with Crippen molar-refractivity contribution in [2.75, 3.05) is 47.5 Å². The molecule has 0 aliphatic carbocycles. The van der Waals surface area contributed by atoms with Gasteiger partial charge in [0, 0.05) is 13.2 Å². The van der Waals surface area contributed by atoms with Crippen molar-refractivity contribution in [3.63, 3.8) is 0 Å². The molecule has 9 heteroatoms. The van der Waals surface area contributed by atoms with E-state index in [1.54, 1.807) is 0 Å². The molecule has 0 saturated heterocycles. The minimum atomic E-state index is -2.04. The Morgan fingerprint density at radius 2 is 1.45 bits per heavy atom. The molecule has 0 aromatic carbocycles. The first-order chi connectivity index (χ1) is 13.9. The minimum absolute atomic E-state index is 0. The molecule has 0 saturated carbocycles. The number of likely N-dealkylation sites (N-methyl/N-ethyl adjacent to an activating group) is 1. The summed E-state index contributed by atoms with van der Waals surface area (Å²) in [6.45, 7) is 9.36. The van der Waals surface area contributed by atoms with E-state index in [-0.39, 0.29) is 11.9 Å². The number of nitrogens with zero attached hydrogens (tertiary/aromatic N) is 1. The number of quaternary nitrogens is 1. The zero-order chi connectivity index (χ0) is 23.0. The molecule has 2 atom stereocenters. The van der Waals surface area contributed by atoms with E-state index in [1.807, 2.05) is 21.1 Å². The molecule has 188 valence electrons. The monoisotopic (exact) mass is 469 g/mol. The maximum Gasteiger partial charge on any atom is 0.330 e. The number of carbonyl (C=O) groups is 1. The summed E-state index contributed by atoms with van der Waals surface area (Å²) in [7, 11) is 3.84. The fourth-order valence-electron chi connectivity index (χ4n) is 2.91. The van der Waals surface area contributed by atoms with Crippen LogP contribution >= 0.6 is 8.60 Å². The lowest BCUT2D eigenvalue weighted by atomic mass is 9.93. The van der Waals surface area contributed by atoms with Gasteiger partial charge in [-0.1, -0.05) is 52.9 Å². The van der Waals surface area contributed by atoms with Gasteiger partial charge in [-0.2, -0.15) is 0 Å². The van der Waals surface area contributed by atoms with Crippen molar-refractivity contribution in [1.29, 1.82) is 0 Å². The molecule has 0 rings (SSSR count). The predicted octanol–water partition coefficient (Wildman–Crippen LogP) is 4.80. The van der Waals surface area contributed by atoms with E-state index >= 15 is 0 Å². The number of rotatable bonds is 19. The fraction of sp³-hybridized carbons (Fsp3) is 0.955. The lowest BCUT2D eigenvalue weighted by Gasteiger charge is -2.29. The summed E-state index contributed by atoms with van der Waals surface area (Å²) < 4.78 is 17.0. The van der Waals surface area contributed by atoms with E-state index in [4.69, 9.17) is 18.9 Å². The van der Waals surface area contributed by atoms with Crippen LogP contribution in [0.3, 0.4) is 0 Å². The molecule has 0 radical (unpaired) electrons. The van der Waals surface area contributed by atoms with Gasteiger partial charge in [0.1, 0.15) is 12.6 Å². The van der Waals surface area contributed by atoms with E-state index in [0.29, 0.717) is 23.0 Å². The normalized spacial score (nSPS) is 14.2. The van der Waals surface area contributed by atoms with Crippen LogP contribution in [0.5, 0.6) is 0 Å². The van der Waals surface area contributed by atoms with Gasteiger partial charge in [-0.3, -0.25) is 4.79 Å². The van der Waals surface area contributed by atoms with Crippen molar-refractivity contribution in [2.45, 2.75) is 84.7 Å². The number of ether oxygens (including phenoxy) is 1. The van der Waals surface area contributed by atoms with Gasteiger partial charge in [0.15, 0.2) is 0 Å². The summed E-state index contributed by atoms with van der Waals surface area (Å²) in [5, 5.41) is 9.00. The third-order valence-corrected chi connectivity index (χ3v) is 5.41. The third kappa shape index (κ3) is 25.8. The molecular weight excluding hydrogens is 421 g/mol. The molecule has 0 fully saturated rings. The van der Waals surface area contributed by atoms with Crippen LogP contribution in [0.1, 0.15) is 78.6 Å². The molecule has 0 aromatic rings. The van der Waals surface area contributed by atoms with E-state index in [1.165, 1.54) is 19.3 Å². The standard InChI is InChI=1S/C22H46NO6P.H2O/c1-22(2,3)14-17-27-15-12-10-8-7-9-11-13-16-28-30(26)29-20(18-21(24)25)19-23(4,5)6;/h20,26H,7-19H2,1-6H3;1H2/t20-,30?;/m1./s1. The van der Waals surface area contributed by atoms with Crippen molar-refractivity contribution in [3.8, 4) is 0 Å². The first-order valence-electron chi connectivity index (χ1n) is 11.3. The summed E-state index contributed by atoms with van der Waals surface area (Å²) >= 11 is 0. The van der Waals surface area contributed by atoms with Crippen LogP contribution in [0.15, 0.2) is 0 Å². The number of carboxylic acid groups (broad SMARTS) is 1. The second-order valence-electron chi connectivity index (χ2n) is 10.3. The van der Waals surface area contributed by atoms with Crippen LogP contribution in [0.25, 0.3) is 0 Å². The van der Waals surface area contributed by atoms with Crippen molar-refractivity contribution in [3.05, 3.63) is 0 Å². The van der Waals surface area contributed by atoms with Gasteiger partial charge in [-0.25, -0.2) is 0 Å². The van der Waals surface area contributed by atoms with Crippen LogP contribution in [0, 0.1) is 5.41 Å². The Bertz CT molecular complexity index is 439. The molecular formula is C22H48NO7P. The Hall–Kier alpha value is -0.340. The minimum Gasteiger partial charge on any atom is -0.870 e. The highest BCUT2D eigenvalue weighted by Gasteiger charge is 2.25. The molecule has 0 bridgehead atoms. The van der Waals surface area contributed by atoms with E-state index in [0.717, 1.165) is 45.3 Å². The second kappa shape index (κ2) is 18.1. The fourth-order valence-corrected chi connectivity index (χ4v) is 3.65. The molecule has 0 aliphatic rings. The average molecular weight is 470 g/mol. The quantitative estimate of drug-likeness (QED) is 0.159. The Morgan fingerprint density at radius 3 is 1.94 bits per heavy atom. The molecule has 0 heterocycles. The van der Waals surface area contributed by atoms with Gasteiger partial charge >= 0.3 is 14.6 Å². The number of hydrogen-bond acceptors (Lipinski definition) is 6. The van der Waals surface area contributed by atoms with E-state index in [2.05, 4.69) is 20.8 Å². The van der Waals surface area contributed by atoms with Crippen molar-refractivity contribution in [2.24, 2.45) is 5.41 Å². The molecule has 0 aromatic heterocycles. The zero-order valence-electron chi connectivity index (χ0n) is 20.6. The Balaban J connectivity index is 0. The smallest absolute Gasteiger partial charge is 0.330 e. The van der Waals surface area contributed by atoms with Crippen LogP contribution in [-0.4, -0.2) is 79.5 Å².